The number of rotatable bonds is 4. The van der Waals surface area contributed by atoms with Gasteiger partial charge in [-0.1, -0.05) is 27.3 Å². The number of nitrogens with zero attached hydrogens (tertiary/aromatic N) is 2. The summed E-state index contributed by atoms with van der Waals surface area (Å²) < 4.78 is 14.6. The Morgan fingerprint density at radius 3 is 2.68 bits per heavy atom. The van der Waals surface area contributed by atoms with Crippen LogP contribution in [0.4, 0.5) is 0 Å². The second kappa shape index (κ2) is 7.41. The van der Waals surface area contributed by atoms with Crippen LogP contribution in [-0.2, 0) is 6.54 Å². The molecule has 3 aromatic rings. The van der Waals surface area contributed by atoms with Crippen LogP contribution >= 0.6 is 27.3 Å². The molecule has 0 atom stereocenters. The lowest BCUT2D eigenvalue weighted by Gasteiger charge is -2.07. The van der Waals surface area contributed by atoms with Crippen LogP contribution in [-0.4, -0.2) is 24.7 Å². The van der Waals surface area contributed by atoms with Gasteiger partial charge in [-0.2, -0.15) is 4.99 Å². The average molecular weight is 421 g/mol. The number of carbonyl (C=O) groups excluding carboxylic acids is 1. The van der Waals surface area contributed by atoms with Crippen LogP contribution in [0.3, 0.4) is 0 Å². The summed E-state index contributed by atoms with van der Waals surface area (Å²) in [6.07, 6.45) is 0. The van der Waals surface area contributed by atoms with Gasteiger partial charge in [0.2, 0.25) is 0 Å². The molecule has 0 unspecified atom stereocenters. The Labute approximate surface area is 157 Å². The lowest BCUT2D eigenvalue weighted by Crippen LogP contribution is -2.16. The van der Waals surface area contributed by atoms with Gasteiger partial charge in [0.1, 0.15) is 11.5 Å². The van der Waals surface area contributed by atoms with Crippen LogP contribution in [0.15, 0.2) is 45.9 Å². The summed E-state index contributed by atoms with van der Waals surface area (Å²) >= 11 is 4.97. The minimum absolute atomic E-state index is 0.340. The number of aryl methyl sites for hydroxylation is 1. The highest BCUT2D eigenvalue weighted by molar-refractivity contribution is 9.10. The fraction of sp³-hybridized carbons (Fsp3) is 0.222. The van der Waals surface area contributed by atoms with Crippen molar-refractivity contribution in [1.29, 1.82) is 0 Å². The Kier molecular flexibility index (Phi) is 5.24. The second-order valence-corrected chi connectivity index (χ2v) is 7.15. The Morgan fingerprint density at radius 2 is 2.00 bits per heavy atom. The predicted octanol–water partition coefficient (Wildman–Crippen LogP) is 4.24. The van der Waals surface area contributed by atoms with Gasteiger partial charge in [0.25, 0.3) is 5.91 Å². The lowest BCUT2D eigenvalue weighted by atomic mass is 10.2. The Balaban J connectivity index is 2.12. The zero-order chi connectivity index (χ0) is 18.0. The van der Waals surface area contributed by atoms with E-state index in [1.165, 1.54) is 18.4 Å². The number of hydrogen-bond acceptors (Lipinski definition) is 4. The van der Waals surface area contributed by atoms with Crippen molar-refractivity contribution in [3.8, 4) is 11.5 Å². The van der Waals surface area contributed by atoms with Crippen molar-refractivity contribution in [3.05, 3.63) is 51.2 Å². The van der Waals surface area contributed by atoms with E-state index in [1.54, 1.807) is 25.3 Å². The summed E-state index contributed by atoms with van der Waals surface area (Å²) in [7, 11) is 3.09. The SMILES string of the molecule is CCn1c(=NC(=O)c2ccc(OC)cc2OC)sc2cc(Br)ccc21. The monoisotopic (exact) mass is 420 g/mol. The number of aromatic nitrogens is 1. The summed E-state index contributed by atoms with van der Waals surface area (Å²) in [5.74, 6) is 0.732. The van der Waals surface area contributed by atoms with Crippen LogP contribution in [0.1, 0.15) is 17.3 Å². The number of hydrogen-bond donors (Lipinski definition) is 0. The average Bonchev–Trinajstić information content (AvgIpc) is 2.96. The van der Waals surface area contributed by atoms with Gasteiger partial charge >= 0.3 is 0 Å². The number of fused-ring (bicyclic) bond motifs is 1. The summed E-state index contributed by atoms with van der Waals surface area (Å²) in [5, 5.41) is 0. The summed E-state index contributed by atoms with van der Waals surface area (Å²) in [4.78, 5) is 17.7. The number of carbonyl (C=O) groups is 1. The van der Waals surface area contributed by atoms with E-state index in [-0.39, 0.29) is 5.91 Å². The summed E-state index contributed by atoms with van der Waals surface area (Å²) in [5.41, 5.74) is 1.47. The molecular formula is C18H17BrN2O3S. The Bertz CT molecular complexity index is 1010. The molecule has 1 heterocycles. The van der Waals surface area contributed by atoms with E-state index in [4.69, 9.17) is 9.47 Å². The van der Waals surface area contributed by atoms with E-state index in [1.807, 2.05) is 29.7 Å². The molecule has 7 heteroatoms. The van der Waals surface area contributed by atoms with E-state index in [9.17, 15) is 4.79 Å². The third-order valence-corrected chi connectivity index (χ3v) is 5.33. The first-order valence-corrected chi connectivity index (χ1v) is 9.28. The van der Waals surface area contributed by atoms with Crippen LogP contribution in [0.2, 0.25) is 0 Å². The smallest absolute Gasteiger partial charge is 0.283 e. The third-order valence-electron chi connectivity index (χ3n) is 3.80. The number of methoxy groups -OCH3 is 2. The van der Waals surface area contributed by atoms with Crippen molar-refractivity contribution in [2.75, 3.05) is 14.2 Å². The van der Waals surface area contributed by atoms with Gasteiger partial charge in [-0.05, 0) is 37.3 Å². The molecule has 3 rings (SSSR count). The Morgan fingerprint density at radius 1 is 1.20 bits per heavy atom. The molecule has 0 bridgehead atoms. The first-order valence-electron chi connectivity index (χ1n) is 7.67. The number of halogens is 1. The van der Waals surface area contributed by atoms with Crippen molar-refractivity contribution in [2.24, 2.45) is 4.99 Å². The minimum Gasteiger partial charge on any atom is -0.497 e. The van der Waals surface area contributed by atoms with Gasteiger partial charge < -0.3 is 14.0 Å². The van der Waals surface area contributed by atoms with E-state index in [2.05, 4.69) is 20.9 Å². The van der Waals surface area contributed by atoms with Crippen molar-refractivity contribution < 1.29 is 14.3 Å². The highest BCUT2D eigenvalue weighted by Gasteiger charge is 2.14. The van der Waals surface area contributed by atoms with E-state index < -0.39 is 0 Å². The van der Waals surface area contributed by atoms with Crippen LogP contribution in [0.25, 0.3) is 10.2 Å². The zero-order valence-electron chi connectivity index (χ0n) is 14.1. The molecule has 0 aliphatic rings. The molecule has 1 amide bonds. The van der Waals surface area contributed by atoms with Gasteiger partial charge in [-0.15, -0.1) is 0 Å². The largest absolute Gasteiger partial charge is 0.497 e. The molecule has 0 saturated heterocycles. The Hall–Kier alpha value is -2.12. The molecule has 0 N–H and O–H groups in total. The van der Waals surface area contributed by atoms with Gasteiger partial charge in [0, 0.05) is 17.1 Å². The highest BCUT2D eigenvalue weighted by atomic mass is 79.9. The predicted molar refractivity (Wildman–Crippen MR) is 103 cm³/mol. The molecule has 130 valence electrons. The van der Waals surface area contributed by atoms with E-state index >= 15 is 0 Å². The fourth-order valence-electron chi connectivity index (χ4n) is 2.56. The summed E-state index contributed by atoms with van der Waals surface area (Å²) in [6.45, 7) is 2.76. The molecule has 1 aromatic heterocycles. The molecule has 0 aliphatic carbocycles. The number of amides is 1. The number of ether oxygens (including phenoxy) is 2. The van der Waals surface area contributed by atoms with Gasteiger partial charge in [0.15, 0.2) is 4.80 Å². The topological polar surface area (TPSA) is 52.8 Å². The first kappa shape index (κ1) is 17.7. The molecular weight excluding hydrogens is 404 g/mol. The molecule has 0 aliphatic heterocycles. The molecule has 5 nitrogen and oxygen atoms in total. The van der Waals surface area contributed by atoms with Gasteiger partial charge in [0.05, 0.1) is 30.0 Å². The maximum atomic E-state index is 12.7. The van der Waals surface area contributed by atoms with Crippen LogP contribution < -0.4 is 14.3 Å². The number of thiazole rings is 1. The minimum atomic E-state index is -0.340. The third kappa shape index (κ3) is 3.48. The molecule has 25 heavy (non-hydrogen) atoms. The standard InChI is InChI=1S/C18H17BrN2O3S/c1-4-21-14-8-5-11(19)9-16(14)25-18(21)20-17(22)13-7-6-12(23-2)10-15(13)24-3/h5-10H,4H2,1-3H3. The summed E-state index contributed by atoms with van der Waals surface area (Å²) in [6, 6.07) is 11.1. The van der Waals surface area contributed by atoms with Crippen molar-refractivity contribution in [3.63, 3.8) is 0 Å². The maximum Gasteiger partial charge on any atom is 0.283 e. The van der Waals surface area contributed by atoms with Crippen LogP contribution in [0.5, 0.6) is 11.5 Å². The molecule has 0 fully saturated rings. The number of benzene rings is 2. The van der Waals surface area contributed by atoms with E-state index in [0.29, 0.717) is 21.9 Å². The fourth-order valence-corrected chi connectivity index (χ4v) is 4.20. The van der Waals surface area contributed by atoms with Crippen LogP contribution in [0, 0.1) is 0 Å². The van der Waals surface area contributed by atoms with Crippen molar-refractivity contribution in [1.82, 2.24) is 4.57 Å². The molecule has 2 aromatic carbocycles. The zero-order valence-corrected chi connectivity index (χ0v) is 16.5. The quantitative estimate of drug-likeness (QED) is 0.633. The molecule has 0 spiro atoms. The highest BCUT2D eigenvalue weighted by Crippen LogP contribution is 2.26. The van der Waals surface area contributed by atoms with Crippen molar-refractivity contribution in [2.45, 2.75) is 13.5 Å². The normalized spacial score (nSPS) is 11.8. The van der Waals surface area contributed by atoms with Gasteiger partial charge in [-0.3, -0.25) is 4.79 Å². The second-order valence-electron chi connectivity index (χ2n) is 5.22. The molecule has 0 radical (unpaired) electrons. The molecule has 0 saturated carbocycles. The maximum absolute atomic E-state index is 12.7. The van der Waals surface area contributed by atoms with E-state index in [0.717, 1.165) is 21.2 Å². The van der Waals surface area contributed by atoms with Crippen molar-refractivity contribution >= 4 is 43.4 Å². The first-order chi connectivity index (χ1) is 12.1. The lowest BCUT2D eigenvalue weighted by molar-refractivity contribution is 0.0995. The van der Waals surface area contributed by atoms with Gasteiger partial charge in [-0.25, -0.2) is 0 Å².